The summed E-state index contributed by atoms with van der Waals surface area (Å²) in [6, 6.07) is 4.28. The van der Waals surface area contributed by atoms with Gasteiger partial charge >= 0.3 is 0 Å². The Balaban J connectivity index is 2.25. The number of carbonyl (C=O) groups is 1. The van der Waals surface area contributed by atoms with Gasteiger partial charge in [-0.3, -0.25) is 10.6 Å². The monoisotopic (exact) mass is 223 g/mol. The standard InChI is InChI=1S/C11H14FN3O/c1-11(5-6-11)14-10(16)7-3-2-4-8(12)9(7)15-13/h2-4,15H,5-6,13H2,1H3,(H,14,16). The van der Waals surface area contributed by atoms with Crippen molar-refractivity contribution in [1.29, 1.82) is 0 Å². The fourth-order valence-electron chi connectivity index (χ4n) is 1.51. The highest BCUT2D eigenvalue weighted by atomic mass is 19.1. The third-order valence-corrected chi connectivity index (χ3v) is 2.82. The summed E-state index contributed by atoms with van der Waals surface area (Å²) in [4.78, 5) is 11.9. The van der Waals surface area contributed by atoms with E-state index in [1.807, 2.05) is 6.92 Å². The van der Waals surface area contributed by atoms with Gasteiger partial charge in [0.2, 0.25) is 0 Å². The van der Waals surface area contributed by atoms with E-state index in [0.717, 1.165) is 12.8 Å². The zero-order chi connectivity index (χ0) is 11.8. The second-order valence-corrected chi connectivity index (χ2v) is 4.32. The molecule has 0 spiro atoms. The first kappa shape index (κ1) is 10.9. The number of nitrogens with two attached hydrogens (primary N) is 1. The zero-order valence-corrected chi connectivity index (χ0v) is 9.01. The van der Waals surface area contributed by atoms with Crippen LogP contribution in [0, 0.1) is 5.82 Å². The fraction of sp³-hybridized carbons (Fsp3) is 0.364. The van der Waals surface area contributed by atoms with E-state index in [0.29, 0.717) is 0 Å². The number of halogens is 1. The Hall–Kier alpha value is -1.62. The Morgan fingerprint density at radius 3 is 2.75 bits per heavy atom. The maximum atomic E-state index is 13.3. The fourth-order valence-corrected chi connectivity index (χ4v) is 1.51. The van der Waals surface area contributed by atoms with Gasteiger partial charge in [0, 0.05) is 5.54 Å². The van der Waals surface area contributed by atoms with E-state index in [-0.39, 0.29) is 22.7 Å². The minimum absolute atomic E-state index is 0.0317. The molecule has 5 heteroatoms. The Labute approximate surface area is 93.0 Å². The number of para-hydroxylation sites is 1. The summed E-state index contributed by atoms with van der Waals surface area (Å²) in [5.74, 6) is 4.37. The molecule has 1 aromatic rings. The van der Waals surface area contributed by atoms with E-state index in [1.54, 1.807) is 6.07 Å². The third-order valence-electron chi connectivity index (χ3n) is 2.82. The number of nitrogen functional groups attached to an aromatic ring is 1. The molecule has 1 saturated carbocycles. The van der Waals surface area contributed by atoms with E-state index in [4.69, 9.17) is 5.84 Å². The van der Waals surface area contributed by atoms with Gasteiger partial charge in [-0.1, -0.05) is 6.07 Å². The van der Waals surface area contributed by atoms with Gasteiger partial charge in [0.1, 0.15) is 5.82 Å². The lowest BCUT2D eigenvalue weighted by molar-refractivity contribution is 0.0936. The van der Waals surface area contributed by atoms with Crippen LogP contribution in [0.2, 0.25) is 0 Å². The highest BCUT2D eigenvalue weighted by molar-refractivity contribution is 6.00. The second-order valence-electron chi connectivity index (χ2n) is 4.32. The Morgan fingerprint density at radius 1 is 1.50 bits per heavy atom. The van der Waals surface area contributed by atoms with Crippen LogP contribution in [-0.4, -0.2) is 11.4 Å². The number of hydrazine groups is 1. The average Bonchev–Trinajstić information content (AvgIpc) is 2.95. The van der Waals surface area contributed by atoms with Gasteiger partial charge in [-0.25, -0.2) is 4.39 Å². The molecule has 86 valence electrons. The van der Waals surface area contributed by atoms with Crippen LogP contribution in [0.15, 0.2) is 18.2 Å². The van der Waals surface area contributed by atoms with Crippen LogP contribution in [0.25, 0.3) is 0 Å². The van der Waals surface area contributed by atoms with Crippen molar-refractivity contribution < 1.29 is 9.18 Å². The Kier molecular flexibility index (Phi) is 2.55. The molecule has 0 unspecified atom stereocenters. The van der Waals surface area contributed by atoms with Crippen LogP contribution in [-0.2, 0) is 0 Å². The van der Waals surface area contributed by atoms with E-state index in [1.165, 1.54) is 12.1 Å². The lowest BCUT2D eigenvalue weighted by Crippen LogP contribution is -2.35. The van der Waals surface area contributed by atoms with E-state index >= 15 is 0 Å². The number of hydrogen-bond donors (Lipinski definition) is 3. The summed E-state index contributed by atoms with van der Waals surface area (Å²) in [5.41, 5.74) is 2.35. The number of rotatable bonds is 3. The molecule has 0 saturated heterocycles. The normalized spacial score (nSPS) is 16.7. The SMILES string of the molecule is CC1(NC(=O)c2cccc(F)c2NN)CC1. The Bertz CT molecular complexity index is 429. The van der Waals surface area contributed by atoms with Gasteiger partial charge in [0.15, 0.2) is 0 Å². The number of nitrogens with one attached hydrogen (secondary N) is 2. The number of hydrogen-bond acceptors (Lipinski definition) is 3. The molecule has 0 aromatic heterocycles. The third kappa shape index (κ3) is 1.99. The summed E-state index contributed by atoms with van der Waals surface area (Å²) in [6.07, 6.45) is 1.92. The maximum Gasteiger partial charge on any atom is 0.253 e. The summed E-state index contributed by atoms with van der Waals surface area (Å²) in [5, 5.41) is 2.85. The predicted octanol–water partition coefficient (Wildman–Crippen LogP) is 1.39. The van der Waals surface area contributed by atoms with Crippen molar-refractivity contribution in [2.45, 2.75) is 25.3 Å². The molecule has 2 rings (SSSR count). The van der Waals surface area contributed by atoms with Crippen LogP contribution >= 0.6 is 0 Å². The van der Waals surface area contributed by atoms with Crippen molar-refractivity contribution in [2.24, 2.45) is 5.84 Å². The summed E-state index contributed by atoms with van der Waals surface area (Å²) >= 11 is 0. The highest BCUT2D eigenvalue weighted by Crippen LogP contribution is 2.35. The van der Waals surface area contributed by atoms with E-state index < -0.39 is 5.82 Å². The number of amides is 1. The first-order valence-electron chi connectivity index (χ1n) is 5.13. The highest BCUT2D eigenvalue weighted by Gasteiger charge is 2.39. The molecule has 1 aliphatic carbocycles. The van der Waals surface area contributed by atoms with Crippen molar-refractivity contribution in [2.75, 3.05) is 5.43 Å². The first-order chi connectivity index (χ1) is 7.56. The molecule has 0 aliphatic heterocycles. The number of carbonyl (C=O) groups excluding carboxylic acids is 1. The van der Waals surface area contributed by atoms with Crippen molar-refractivity contribution in [3.63, 3.8) is 0 Å². The smallest absolute Gasteiger partial charge is 0.253 e. The Morgan fingerprint density at radius 2 is 2.19 bits per heavy atom. The lowest BCUT2D eigenvalue weighted by atomic mass is 10.1. The molecule has 4 nitrogen and oxygen atoms in total. The van der Waals surface area contributed by atoms with Gasteiger partial charge < -0.3 is 10.7 Å². The van der Waals surface area contributed by atoms with Crippen molar-refractivity contribution in [1.82, 2.24) is 5.32 Å². The molecule has 1 aromatic carbocycles. The van der Waals surface area contributed by atoms with Crippen LogP contribution < -0.4 is 16.6 Å². The molecule has 0 bridgehead atoms. The number of benzene rings is 1. The summed E-state index contributed by atoms with van der Waals surface area (Å²) in [6.45, 7) is 1.96. The molecular formula is C11H14FN3O. The van der Waals surface area contributed by atoms with Crippen LogP contribution in [0.1, 0.15) is 30.1 Å². The summed E-state index contributed by atoms with van der Waals surface area (Å²) in [7, 11) is 0. The largest absolute Gasteiger partial charge is 0.347 e. The quantitative estimate of drug-likeness (QED) is 0.536. The summed E-state index contributed by atoms with van der Waals surface area (Å²) < 4.78 is 13.3. The molecular weight excluding hydrogens is 209 g/mol. The van der Waals surface area contributed by atoms with Crippen LogP contribution in [0.3, 0.4) is 0 Å². The zero-order valence-electron chi connectivity index (χ0n) is 9.01. The van der Waals surface area contributed by atoms with Gasteiger partial charge in [-0.2, -0.15) is 0 Å². The molecule has 4 N–H and O–H groups in total. The maximum absolute atomic E-state index is 13.3. The minimum Gasteiger partial charge on any atom is -0.347 e. The van der Waals surface area contributed by atoms with Gasteiger partial charge in [0.25, 0.3) is 5.91 Å². The average molecular weight is 223 g/mol. The molecule has 1 fully saturated rings. The van der Waals surface area contributed by atoms with Gasteiger partial charge in [-0.05, 0) is 31.9 Å². The molecule has 1 amide bonds. The van der Waals surface area contributed by atoms with Crippen molar-refractivity contribution in [3.8, 4) is 0 Å². The van der Waals surface area contributed by atoms with Gasteiger partial charge in [-0.15, -0.1) is 0 Å². The molecule has 16 heavy (non-hydrogen) atoms. The number of anilines is 1. The minimum atomic E-state index is -0.531. The lowest BCUT2D eigenvalue weighted by Gasteiger charge is -2.14. The van der Waals surface area contributed by atoms with Crippen molar-refractivity contribution in [3.05, 3.63) is 29.6 Å². The molecule has 0 heterocycles. The van der Waals surface area contributed by atoms with Crippen LogP contribution in [0.4, 0.5) is 10.1 Å². The molecule has 1 aliphatic rings. The second kappa shape index (κ2) is 3.75. The topological polar surface area (TPSA) is 67.2 Å². The molecule has 0 radical (unpaired) electrons. The molecule has 0 atom stereocenters. The van der Waals surface area contributed by atoms with E-state index in [2.05, 4.69) is 10.7 Å². The first-order valence-corrected chi connectivity index (χ1v) is 5.13. The predicted molar refractivity (Wildman–Crippen MR) is 59.3 cm³/mol. The van der Waals surface area contributed by atoms with Gasteiger partial charge in [0.05, 0.1) is 11.3 Å². The van der Waals surface area contributed by atoms with E-state index in [9.17, 15) is 9.18 Å². The van der Waals surface area contributed by atoms with Crippen LogP contribution in [0.5, 0.6) is 0 Å². The van der Waals surface area contributed by atoms with Crippen molar-refractivity contribution >= 4 is 11.6 Å².